The third-order valence-corrected chi connectivity index (χ3v) is 3.43. The van der Waals surface area contributed by atoms with Gasteiger partial charge in [-0.2, -0.15) is 0 Å². The molecular weight excluding hydrogens is 312 g/mol. The number of carbonyl (C=O) groups is 1. The Balaban J connectivity index is 0.00000264. The van der Waals surface area contributed by atoms with Crippen LogP contribution in [0.1, 0.15) is 6.92 Å². The minimum atomic E-state index is -0.170. The van der Waals surface area contributed by atoms with Crippen LogP contribution in [0.5, 0.6) is 5.75 Å². The number of carbonyl (C=O) groups excluding carboxylic acids is 1. The van der Waals surface area contributed by atoms with Crippen molar-refractivity contribution in [3.05, 3.63) is 54.6 Å². The molecule has 0 radical (unpaired) electrons. The molecule has 3 N–H and O–H groups in total. The lowest BCUT2D eigenvalue weighted by Gasteiger charge is -2.13. The van der Waals surface area contributed by atoms with Gasteiger partial charge in [-0.25, -0.2) is 0 Å². The molecule has 2 rings (SSSR count). The van der Waals surface area contributed by atoms with Crippen LogP contribution in [0, 0.1) is 5.92 Å². The molecule has 23 heavy (non-hydrogen) atoms. The van der Waals surface area contributed by atoms with Gasteiger partial charge in [0.2, 0.25) is 5.91 Å². The summed E-state index contributed by atoms with van der Waals surface area (Å²) in [5.41, 5.74) is 7.62. The van der Waals surface area contributed by atoms with Crippen molar-refractivity contribution in [2.45, 2.75) is 6.92 Å². The van der Waals surface area contributed by atoms with Crippen LogP contribution in [0.4, 0.5) is 0 Å². The number of amides is 1. The standard InChI is InChI=1S/C18H22N2O2.ClH/c1-14(13-19)18(21)20-11-12-22-17-10-6-5-9-16(17)15-7-3-2-4-8-15;/h2-10,14H,11-13,19H2,1H3,(H,20,21);1H. The summed E-state index contributed by atoms with van der Waals surface area (Å²) in [4.78, 5) is 11.6. The van der Waals surface area contributed by atoms with Gasteiger partial charge in [0.1, 0.15) is 12.4 Å². The van der Waals surface area contributed by atoms with E-state index < -0.39 is 0 Å². The van der Waals surface area contributed by atoms with E-state index in [4.69, 9.17) is 10.5 Å². The summed E-state index contributed by atoms with van der Waals surface area (Å²) in [6, 6.07) is 18.0. The van der Waals surface area contributed by atoms with Gasteiger partial charge in [0.15, 0.2) is 0 Å². The number of benzene rings is 2. The van der Waals surface area contributed by atoms with Crippen molar-refractivity contribution < 1.29 is 9.53 Å². The van der Waals surface area contributed by atoms with Crippen LogP contribution in [0.25, 0.3) is 11.1 Å². The number of nitrogens with one attached hydrogen (secondary N) is 1. The number of hydrogen-bond donors (Lipinski definition) is 2. The van der Waals surface area contributed by atoms with E-state index in [0.29, 0.717) is 19.7 Å². The van der Waals surface area contributed by atoms with Crippen molar-refractivity contribution in [3.63, 3.8) is 0 Å². The topological polar surface area (TPSA) is 64.4 Å². The largest absolute Gasteiger partial charge is 0.491 e. The molecule has 0 heterocycles. The summed E-state index contributed by atoms with van der Waals surface area (Å²) >= 11 is 0. The quantitative estimate of drug-likeness (QED) is 0.765. The Bertz CT molecular complexity index is 605. The zero-order valence-corrected chi connectivity index (χ0v) is 14.0. The van der Waals surface area contributed by atoms with Gasteiger partial charge in [0, 0.05) is 18.0 Å². The Morgan fingerprint density at radius 3 is 2.48 bits per heavy atom. The average Bonchev–Trinajstić information content (AvgIpc) is 2.59. The Labute approximate surface area is 143 Å². The highest BCUT2D eigenvalue weighted by molar-refractivity contribution is 5.85. The van der Waals surface area contributed by atoms with E-state index in [-0.39, 0.29) is 24.2 Å². The number of nitrogens with two attached hydrogens (primary N) is 1. The van der Waals surface area contributed by atoms with Gasteiger partial charge in [-0.1, -0.05) is 55.5 Å². The second kappa shape index (κ2) is 9.87. The van der Waals surface area contributed by atoms with Gasteiger partial charge in [-0.15, -0.1) is 12.4 Å². The van der Waals surface area contributed by atoms with Crippen molar-refractivity contribution in [2.75, 3.05) is 19.7 Å². The van der Waals surface area contributed by atoms with E-state index in [1.807, 2.05) is 54.6 Å². The van der Waals surface area contributed by atoms with Crippen LogP contribution >= 0.6 is 12.4 Å². The lowest BCUT2D eigenvalue weighted by molar-refractivity contribution is -0.124. The second-order valence-corrected chi connectivity index (χ2v) is 5.14. The van der Waals surface area contributed by atoms with E-state index >= 15 is 0 Å². The fourth-order valence-corrected chi connectivity index (χ4v) is 2.07. The molecule has 124 valence electrons. The predicted octanol–water partition coefficient (Wildman–Crippen LogP) is 2.87. The molecule has 0 spiro atoms. The number of hydrogen-bond acceptors (Lipinski definition) is 3. The van der Waals surface area contributed by atoms with Gasteiger partial charge in [-0.3, -0.25) is 4.79 Å². The molecule has 0 aliphatic heterocycles. The third kappa shape index (κ3) is 5.58. The minimum absolute atomic E-state index is 0. The van der Waals surface area contributed by atoms with Gasteiger partial charge in [0.25, 0.3) is 0 Å². The van der Waals surface area contributed by atoms with Crippen molar-refractivity contribution in [1.82, 2.24) is 5.32 Å². The molecule has 0 aliphatic carbocycles. The molecule has 2 aromatic carbocycles. The maximum atomic E-state index is 11.6. The molecule has 2 aromatic rings. The maximum Gasteiger partial charge on any atom is 0.224 e. The highest BCUT2D eigenvalue weighted by atomic mass is 35.5. The third-order valence-electron chi connectivity index (χ3n) is 3.43. The first-order valence-corrected chi connectivity index (χ1v) is 7.47. The van der Waals surface area contributed by atoms with Crippen LogP contribution in [0.15, 0.2) is 54.6 Å². The fraction of sp³-hybridized carbons (Fsp3) is 0.278. The van der Waals surface area contributed by atoms with Gasteiger partial charge < -0.3 is 15.8 Å². The van der Waals surface area contributed by atoms with Crippen molar-refractivity contribution >= 4 is 18.3 Å². The predicted molar refractivity (Wildman–Crippen MR) is 95.8 cm³/mol. The maximum absolute atomic E-state index is 11.6. The Hall–Kier alpha value is -2.04. The van der Waals surface area contributed by atoms with E-state index in [1.54, 1.807) is 6.92 Å². The highest BCUT2D eigenvalue weighted by Gasteiger charge is 2.10. The number of rotatable bonds is 7. The monoisotopic (exact) mass is 334 g/mol. The average molecular weight is 335 g/mol. The molecule has 1 amide bonds. The summed E-state index contributed by atoms with van der Waals surface area (Å²) in [5.74, 6) is 0.605. The zero-order chi connectivity index (χ0) is 15.8. The fourth-order valence-electron chi connectivity index (χ4n) is 2.07. The smallest absolute Gasteiger partial charge is 0.224 e. The van der Waals surface area contributed by atoms with Crippen LogP contribution in [0.3, 0.4) is 0 Å². The molecule has 5 heteroatoms. The summed E-state index contributed by atoms with van der Waals surface area (Å²) < 4.78 is 5.81. The number of ether oxygens (including phenoxy) is 1. The Morgan fingerprint density at radius 2 is 1.78 bits per heavy atom. The van der Waals surface area contributed by atoms with Gasteiger partial charge in [0.05, 0.1) is 6.54 Å². The molecule has 0 bridgehead atoms. The first-order chi connectivity index (χ1) is 10.7. The summed E-state index contributed by atoms with van der Waals surface area (Å²) in [6.07, 6.45) is 0. The summed E-state index contributed by atoms with van der Waals surface area (Å²) in [5, 5.41) is 2.82. The molecule has 0 saturated carbocycles. The van der Waals surface area contributed by atoms with Crippen LogP contribution in [-0.4, -0.2) is 25.6 Å². The first kappa shape index (κ1) is 19.0. The molecule has 0 saturated heterocycles. The van der Waals surface area contributed by atoms with Crippen molar-refractivity contribution in [2.24, 2.45) is 11.7 Å². The Kier molecular flexibility index (Phi) is 8.16. The van der Waals surface area contributed by atoms with Gasteiger partial charge >= 0.3 is 0 Å². The molecular formula is C18H23ClN2O2. The molecule has 0 aliphatic rings. The minimum Gasteiger partial charge on any atom is -0.491 e. The van der Waals surface area contributed by atoms with Crippen molar-refractivity contribution in [3.8, 4) is 16.9 Å². The van der Waals surface area contributed by atoms with Crippen LogP contribution in [0.2, 0.25) is 0 Å². The molecule has 1 atom stereocenters. The lowest BCUT2D eigenvalue weighted by Crippen LogP contribution is -2.35. The summed E-state index contributed by atoms with van der Waals surface area (Å²) in [7, 11) is 0. The SMILES string of the molecule is CC(CN)C(=O)NCCOc1ccccc1-c1ccccc1.Cl. The van der Waals surface area contributed by atoms with Crippen LogP contribution < -0.4 is 15.8 Å². The molecule has 4 nitrogen and oxygen atoms in total. The second-order valence-electron chi connectivity index (χ2n) is 5.14. The molecule has 1 unspecified atom stereocenters. The Morgan fingerprint density at radius 1 is 1.13 bits per heavy atom. The summed E-state index contributed by atoms with van der Waals surface area (Å²) in [6.45, 7) is 3.05. The van der Waals surface area contributed by atoms with E-state index in [1.165, 1.54) is 0 Å². The van der Waals surface area contributed by atoms with E-state index in [9.17, 15) is 4.79 Å². The van der Waals surface area contributed by atoms with Gasteiger partial charge in [-0.05, 0) is 11.6 Å². The highest BCUT2D eigenvalue weighted by Crippen LogP contribution is 2.29. The normalized spacial score (nSPS) is 11.2. The number of para-hydroxylation sites is 1. The molecule has 0 aromatic heterocycles. The lowest BCUT2D eigenvalue weighted by atomic mass is 10.1. The van der Waals surface area contributed by atoms with Crippen LogP contribution in [-0.2, 0) is 4.79 Å². The molecule has 0 fully saturated rings. The van der Waals surface area contributed by atoms with E-state index in [2.05, 4.69) is 5.32 Å². The van der Waals surface area contributed by atoms with E-state index in [0.717, 1.165) is 16.9 Å². The first-order valence-electron chi connectivity index (χ1n) is 7.47. The number of halogens is 1. The van der Waals surface area contributed by atoms with Crippen molar-refractivity contribution in [1.29, 1.82) is 0 Å². The zero-order valence-electron chi connectivity index (χ0n) is 13.2.